The number of para-hydroxylation sites is 1. The van der Waals surface area contributed by atoms with Crippen molar-refractivity contribution in [3.05, 3.63) is 144 Å². The lowest BCUT2D eigenvalue weighted by Crippen LogP contribution is -2.58. The molecule has 1 aliphatic rings. The van der Waals surface area contributed by atoms with Crippen LogP contribution in [-0.2, 0) is 94.7 Å². The molecule has 13 N–H and O–H groups in total. The minimum Gasteiger partial charge on any atom is -0.370 e. The molecular formula is C72H89N13O12S2. The molecule has 0 spiro atoms. The number of H-pyrrole nitrogens is 3. The normalized spacial score (nSPS) is 18.2. The highest BCUT2D eigenvalue weighted by Gasteiger charge is 2.37. The number of terminal acetylenes is 1. The SMILES string of the molecule is C#CCCC(=O)N[C@H](C(=O)C[C@@H]1CSCc2ccccc2CSC[C@H](C(=O)N[C@@H](Cc2ccccc2)C(=O)N[C@@H](Cc2cnc[nH]2)C(=O)C[C@@H](CCC)C(=O)N[C@@H](Cc2c[nH]c3ccccc23)C(=O)C[C@@H](Cc2cnc[nH]2)C(N)=O)NC(=O)[C@H](C)CC(=O)[C@H](CC(N)=O)NC1=O)C(C)C. The fourth-order valence-corrected chi connectivity index (χ4v) is 14.0. The third-order valence-electron chi connectivity index (χ3n) is 17.3. The van der Waals surface area contributed by atoms with Crippen molar-refractivity contribution in [3.63, 3.8) is 0 Å². The van der Waals surface area contributed by atoms with Gasteiger partial charge in [-0.25, -0.2) is 9.97 Å². The summed E-state index contributed by atoms with van der Waals surface area (Å²) in [5.41, 5.74) is 16.4. The Bertz CT molecular complexity index is 3820. The molecule has 99 heavy (non-hydrogen) atoms. The average molecular weight is 1390 g/mol. The number of primary amides is 2. The summed E-state index contributed by atoms with van der Waals surface area (Å²) in [4.78, 5) is 187. The number of aromatic amines is 3. The predicted molar refractivity (Wildman–Crippen MR) is 376 cm³/mol. The number of carbonyl (C=O) groups excluding carboxylic acids is 12. The van der Waals surface area contributed by atoms with Crippen LogP contribution in [0.2, 0.25) is 0 Å². The number of nitrogens with one attached hydrogen (secondary N) is 9. The quantitative estimate of drug-likeness (QED) is 0.0259. The number of thioether (sulfide) groups is 2. The summed E-state index contributed by atoms with van der Waals surface area (Å²) in [6.45, 7) is 6.78. The van der Waals surface area contributed by atoms with Crippen LogP contribution in [0.5, 0.6) is 0 Å². The molecule has 0 bridgehead atoms. The lowest BCUT2D eigenvalue weighted by molar-refractivity contribution is -0.136. The van der Waals surface area contributed by atoms with E-state index >= 15 is 4.79 Å². The zero-order valence-electron chi connectivity index (χ0n) is 56.1. The standard InChI is InChI=1S/C72H89N13O12S2/c1-6-8-23-65(91)85-66(42(3)4)63(89)30-50-38-98-36-46-19-12-13-20-47(46)37-99-39-59(84-68(93)43(5)24-60(86)57(32-64(73)90)81-70(50)95)72(97)83-58(25-44-17-10-9-11-18-44)71(96)82-56(31-52-35-76-41-79-52)61(87)28-45(16-7-2)69(94)80-55(27-49-33-77-54-22-15-14-21-53(49)54)62(88)29-48(67(74)92)26-51-34-75-40-78-51/h1,9-15,17-22,33-35,40-43,45,48,50,55-59,66,77H,7-8,16,23-32,36-39H2,2-5H3,(H2,73,90)(H2,74,92)(H,75,78)(H,76,79)(H,80,94)(H,81,95)(H,82,96)(H,83,97)(H,84,93)(H,85,91)/t43-,45-,48-,50-,55+,56+,57+,58+,59-,66+/m1/s1. The van der Waals surface area contributed by atoms with Crippen molar-refractivity contribution in [2.24, 2.45) is 41.1 Å². The highest BCUT2D eigenvalue weighted by molar-refractivity contribution is 7.98. The van der Waals surface area contributed by atoms with Gasteiger partial charge in [-0.05, 0) is 40.7 Å². The maximum absolute atomic E-state index is 15.1. The van der Waals surface area contributed by atoms with Gasteiger partial charge in [0.05, 0.1) is 55.1 Å². The molecule has 0 saturated heterocycles. The molecule has 7 rings (SSSR count). The van der Waals surface area contributed by atoms with E-state index in [1.54, 1.807) is 50.4 Å². The van der Waals surface area contributed by atoms with E-state index in [0.717, 1.165) is 27.6 Å². The second-order valence-electron chi connectivity index (χ2n) is 25.4. The molecule has 3 aromatic carbocycles. The van der Waals surface area contributed by atoms with Crippen LogP contribution < -0.4 is 43.4 Å². The Balaban J connectivity index is 1.13. The van der Waals surface area contributed by atoms with Crippen LogP contribution >= 0.6 is 23.5 Å². The van der Waals surface area contributed by atoms with Gasteiger partial charge in [-0.15, -0.1) is 12.3 Å². The number of imidazole rings is 2. The second kappa shape index (κ2) is 38.5. The Morgan fingerprint density at radius 1 is 0.667 bits per heavy atom. The lowest BCUT2D eigenvalue weighted by Gasteiger charge is -2.27. The molecule has 0 unspecified atom stereocenters. The summed E-state index contributed by atoms with van der Waals surface area (Å²) in [5.74, 6) is -9.34. The molecule has 3 aromatic heterocycles. The number of ketones is 4. The summed E-state index contributed by atoms with van der Waals surface area (Å²) in [7, 11) is 0. The van der Waals surface area contributed by atoms with Crippen molar-refractivity contribution in [3.8, 4) is 12.3 Å². The van der Waals surface area contributed by atoms with Crippen LogP contribution in [0, 0.1) is 41.9 Å². The van der Waals surface area contributed by atoms with Crippen LogP contribution in [0.3, 0.4) is 0 Å². The van der Waals surface area contributed by atoms with Crippen LogP contribution in [-0.4, -0.2) is 143 Å². The van der Waals surface area contributed by atoms with Crippen LogP contribution in [0.1, 0.15) is 119 Å². The minimum absolute atomic E-state index is 0.00379. The fourth-order valence-electron chi connectivity index (χ4n) is 11.8. The van der Waals surface area contributed by atoms with Gasteiger partial charge in [0.15, 0.2) is 23.1 Å². The number of hydrogen-bond donors (Lipinski definition) is 11. The van der Waals surface area contributed by atoms with Crippen LogP contribution in [0.15, 0.2) is 110 Å². The molecule has 0 saturated carbocycles. The van der Waals surface area contributed by atoms with Gasteiger partial charge in [0.2, 0.25) is 47.3 Å². The maximum Gasteiger partial charge on any atom is 0.244 e. The second-order valence-corrected chi connectivity index (χ2v) is 27.5. The zero-order valence-corrected chi connectivity index (χ0v) is 57.7. The number of Topliss-reactive ketones (excluding diaryl/α,β-unsaturated/α-hetero) is 4. The van der Waals surface area contributed by atoms with Gasteiger partial charge in [-0.3, -0.25) is 57.5 Å². The number of rotatable bonds is 32. The summed E-state index contributed by atoms with van der Waals surface area (Å²) in [5, 5.41) is 17.7. The maximum atomic E-state index is 15.1. The van der Waals surface area contributed by atoms with E-state index < -0.39 is 150 Å². The van der Waals surface area contributed by atoms with Crippen molar-refractivity contribution >= 4 is 105 Å². The van der Waals surface area contributed by atoms with Crippen molar-refractivity contribution in [2.75, 3.05) is 11.5 Å². The summed E-state index contributed by atoms with van der Waals surface area (Å²) < 4.78 is 0. The molecular weight excluding hydrogens is 1300 g/mol. The molecule has 0 radical (unpaired) electrons. The predicted octanol–water partition coefficient (Wildman–Crippen LogP) is 4.53. The van der Waals surface area contributed by atoms with E-state index in [0.29, 0.717) is 34.9 Å². The fraction of sp³-hybridized carbons (Fsp3) is 0.444. The van der Waals surface area contributed by atoms with E-state index in [-0.39, 0.29) is 75.2 Å². The first-order valence-corrected chi connectivity index (χ1v) is 35.5. The number of hydrogen-bond acceptors (Lipinski definition) is 16. The summed E-state index contributed by atoms with van der Waals surface area (Å²) in [6.07, 6.45) is 11.5. The molecule has 8 amide bonds. The average Bonchev–Trinajstić information content (AvgIpc) is 1.17. The van der Waals surface area contributed by atoms with E-state index in [4.69, 9.17) is 17.9 Å². The van der Waals surface area contributed by atoms with Crippen molar-refractivity contribution in [2.45, 2.75) is 159 Å². The molecule has 1 aliphatic heterocycles. The number of carbonyl (C=O) groups is 12. The first-order valence-electron chi connectivity index (χ1n) is 33.2. The first kappa shape index (κ1) is 76.7. The third kappa shape index (κ3) is 23.8. The van der Waals surface area contributed by atoms with Gasteiger partial charge in [0.25, 0.3) is 0 Å². The van der Waals surface area contributed by atoms with E-state index in [1.165, 1.54) is 55.5 Å². The van der Waals surface area contributed by atoms with Gasteiger partial charge < -0.3 is 58.3 Å². The molecule has 4 heterocycles. The summed E-state index contributed by atoms with van der Waals surface area (Å²) in [6, 6.07) is 16.0. The monoisotopic (exact) mass is 1390 g/mol. The van der Waals surface area contributed by atoms with Gasteiger partial charge in [-0.2, -0.15) is 23.5 Å². The van der Waals surface area contributed by atoms with Gasteiger partial charge in [-0.1, -0.05) is 107 Å². The van der Waals surface area contributed by atoms with Crippen LogP contribution in [0.25, 0.3) is 10.9 Å². The van der Waals surface area contributed by atoms with E-state index in [1.807, 2.05) is 55.5 Å². The number of amides is 8. The van der Waals surface area contributed by atoms with Gasteiger partial charge >= 0.3 is 0 Å². The Hall–Kier alpha value is -9.68. The third-order valence-corrected chi connectivity index (χ3v) is 19.5. The Morgan fingerprint density at radius 2 is 1.28 bits per heavy atom. The smallest absolute Gasteiger partial charge is 0.244 e. The topological polar surface area (TPSA) is 402 Å². The Kier molecular flexibility index (Phi) is 29.8. The largest absolute Gasteiger partial charge is 0.370 e. The summed E-state index contributed by atoms with van der Waals surface area (Å²) >= 11 is 2.65. The number of nitrogens with zero attached hydrogens (tertiary/aromatic N) is 2. The molecule has 27 heteroatoms. The first-order chi connectivity index (χ1) is 47.5. The molecule has 6 aromatic rings. The van der Waals surface area contributed by atoms with Crippen molar-refractivity contribution in [1.29, 1.82) is 0 Å². The number of aromatic nitrogens is 5. The Morgan fingerprint density at radius 3 is 1.91 bits per heavy atom. The molecule has 526 valence electrons. The van der Waals surface area contributed by atoms with E-state index in [2.05, 4.69) is 62.7 Å². The van der Waals surface area contributed by atoms with Gasteiger partial charge in [0, 0.05) is 140 Å². The number of benzene rings is 3. The lowest BCUT2D eigenvalue weighted by atomic mass is 9.89. The van der Waals surface area contributed by atoms with Crippen molar-refractivity contribution < 1.29 is 57.5 Å². The molecule has 0 aliphatic carbocycles. The molecule has 10 atom stereocenters. The number of fused-ring (bicyclic) bond motifs is 2. The van der Waals surface area contributed by atoms with Crippen LogP contribution in [0.4, 0.5) is 0 Å². The highest BCUT2D eigenvalue weighted by Crippen LogP contribution is 2.27. The molecule has 0 fully saturated rings. The van der Waals surface area contributed by atoms with E-state index in [9.17, 15) is 52.7 Å². The highest BCUT2D eigenvalue weighted by atomic mass is 32.2. The minimum atomic E-state index is -1.51. The van der Waals surface area contributed by atoms with Gasteiger partial charge in [0.1, 0.15) is 12.1 Å². The molecule has 25 nitrogen and oxygen atoms in total. The Labute approximate surface area is 583 Å². The van der Waals surface area contributed by atoms with Crippen molar-refractivity contribution in [1.82, 2.24) is 56.8 Å². The zero-order chi connectivity index (χ0) is 71.5. The number of nitrogens with two attached hydrogens (primary N) is 2.